The Labute approximate surface area is 155 Å². The first-order valence-corrected chi connectivity index (χ1v) is 9.07. The van der Waals surface area contributed by atoms with Gasteiger partial charge in [-0.25, -0.2) is 4.98 Å². The molecular weight excluding hydrogens is 348 g/mol. The summed E-state index contributed by atoms with van der Waals surface area (Å²) >= 11 is 1.42. The second kappa shape index (κ2) is 8.49. The minimum Gasteiger partial charge on any atom is -0.469 e. The van der Waals surface area contributed by atoms with Crippen molar-refractivity contribution in [3.05, 3.63) is 82.3 Å². The van der Waals surface area contributed by atoms with Crippen molar-refractivity contribution in [2.24, 2.45) is 0 Å². The standard InChI is InChI=1S/C20H18N2O3S/c1-25-19(24)12-17-11-18(23)22-20(21-17)26-13-14-7-9-16(10-8-14)15-5-3-2-4-6-15/h2-11H,12-13H2,1H3,(H,21,22,23). The largest absolute Gasteiger partial charge is 0.469 e. The maximum absolute atomic E-state index is 11.7. The molecule has 26 heavy (non-hydrogen) atoms. The number of aromatic nitrogens is 2. The van der Waals surface area contributed by atoms with E-state index >= 15 is 0 Å². The fourth-order valence-electron chi connectivity index (χ4n) is 2.44. The average Bonchev–Trinajstić information content (AvgIpc) is 2.67. The van der Waals surface area contributed by atoms with E-state index < -0.39 is 5.97 Å². The molecule has 0 bridgehead atoms. The zero-order chi connectivity index (χ0) is 18.4. The van der Waals surface area contributed by atoms with Crippen LogP contribution in [0.25, 0.3) is 11.1 Å². The number of carbonyl (C=O) groups is 1. The fraction of sp³-hybridized carbons (Fsp3) is 0.150. The number of hydrogen-bond donors (Lipinski definition) is 1. The number of nitrogens with one attached hydrogen (secondary N) is 1. The zero-order valence-electron chi connectivity index (χ0n) is 14.3. The van der Waals surface area contributed by atoms with Gasteiger partial charge in [0, 0.05) is 11.8 Å². The summed E-state index contributed by atoms with van der Waals surface area (Å²) in [5.74, 6) is 0.246. The number of hydrogen-bond acceptors (Lipinski definition) is 5. The molecule has 0 atom stereocenters. The average molecular weight is 366 g/mol. The van der Waals surface area contributed by atoms with E-state index in [1.54, 1.807) is 0 Å². The van der Waals surface area contributed by atoms with Gasteiger partial charge in [-0.3, -0.25) is 9.59 Å². The predicted molar refractivity (Wildman–Crippen MR) is 102 cm³/mol. The van der Waals surface area contributed by atoms with E-state index in [0.29, 0.717) is 16.6 Å². The smallest absolute Gasteiger partial charge is 0.311 e. The molecule has 0 spiro atoms. The van der Waals surface area contributed by atoms with Crippen LogP contribution in [0.3, 0.4) is 0 Å². The highest BCUT2D eigenvalue weighted by Gasteiger charge is 2.08. The number of ether oxygens (including phenoxy) is 1. The molecule has 0 fully saturated rings. The number of methoxy groups -OCH3 is 1. The molecule has 0 aliphatic heterocycles. The molecule has 0 unspecified atom stereocenters. The molecule has 0 amide bonds. The molecule has 0 radical (unpaired) electrons. The quantitative estimate of drug-likeness (QED) is 0.411. The summed E-state index contributed by atoms with van der Waals surface area (Å²) < 4.78 is 4.61. The summed E-state index contributed by atoms with van der Waals surface area (Å²) in [5.41, 5.74) is 3.58. The summed E-state index contributed by atoms with van der Waals surface area (Å²) in [4.78, 5) is 30.1. The van der Waals surface area contributed by atoms with Crippen LogP contribution in [0.2, 0.25) is 0 Å². The highest BCUT2D eigenvalue weighted by molar-refractivity contribution is 7.98. The SMILES string of the molecule is COC(=O)Cc1cc(=O)[nH]c(SCc2ccc(-c3ccccc3)cc2)n1. The molecule has 5 nitrogen and oxygen atoms in total. The highest BCUT2D eigenvalue weighted by Crippen LogP contribution is 2.23. The molecule has 1 heterocycles. The Kier molecular flexibility index (Phi) is 5.86. The van der Waals surface area contributed by atoms with Gasteiger partial charge in [0.15, 0.2) is 5.16 Å². The van der Waals surface area contributed by atoms with Crippen LogP contribution in [0.4, 0.5) is 0 Å². The lowest BCUT2D eigenvalue weighted by atomic mass is 10.0. The highest BCUT2D eigenvalue weighted by atomic mass is 32.2. The van der Waals surface area contributed by atoms with E-state index in [-0.39, 0.29) is 12.0 Å². The normalized spacial score (nSPS) is 10.5. The van der Waals surface area contributed by atoms with Crippen LogP contribution in [0.1, 0.15) is 11.3 Å². The first-order chi connectivity index (χ1) is 12.6. The first kappa shape index (κ1) is 17.9. The van der Waals surface area contributed by atoms with Crippen LogP contribution in [0, 0.1) is 0 Å². The van der Waals surface area contributed by atoms with Gasteiger partial charge in [-0.2, -0.15) is 0 Å². The molecule has 0 aliphatic carbocycles. The van der Waals surface area contributed by atoms with Gasteiger partial charge < -0.3 is 9.72 Å². The van der Waals surface area contributed by atoms with Crippen molar-refractivity contribution in [1.82, 2.24) is 9.97 Å². The lowest BCUT2D eigenvalue weighted by molar-refractivity contribution is -0.139. The second-order valence-corrected chi connectivity index (χ2v) is 6.61. The summed E-state index contributed by atoms with van der Waals surface area (Å²) in [5, 5.41) is 0.489. The minimum atomic E-state index is -0.421. The maximum atomic E-state index is 11.7. The van der Waals surface area contributed by atoms with Gasteiger partial charge in [0.25, 0.3) is 5.56 Å². The van der Waals surface area contributed by atoms with Crippen LogP contribution >= 0.6 is 11.8 Å². The fourth-order valence-corrected chi connectivity index (χ4v) is 3.29. The van der Waals surface area contributed by atoms with E-state index in [1.165, 1.54) is 30.5 Å². The van der Waals surface area contributed by atoms with E-state index in [1.807, 2.05) is 18.2 Å². The predicted octanol–water partition coefficient (Wildman–Crippen LogP) is 3.44. The van der Waals surface area contributed by atoms with Crippen LogP contribution in [-0.4, -0.2) is 23.0 Å². The number of esters is 1. The van der Waals surface area contributed by atoms with E-state index in [0.717, 1.165) is 11.1 Å². The molecule has 3 aromatic rings. The Balaban J connectivity index is 1.67. The van der Waals surface area contributed by atoms with Crippen molar-refractivity contribution < 1.29 is 9.53 Å². The molecule has 6 heteroatoms. The number of H-pyrrole nitrogens is 1. The third-order valence-corrected chi connectivity index (χ3v) is 4.71. The molecule has 1 aromatic heterocycles. The van der Waals surface area contributed by atoms with Crippen LogP contribution < -0.4 is 5.56 Å². The molecule has 132 valence electrons. The van der Waals surface area contributed by atoms with Crippen molar-refractivity contribution in [3.63, 3.8) is 0 Å². The van der Waals surface area contributed by atoms with Crippen molar-refractivity contribution in [3.8, 4) is 11.1 Å². The Bertz CT molecular complexity index is 937. The lowest BCUT2D eigenvalue weighted by Gasteiger charge is -2.06. The van der Waals surface area contributed by atoms with Crippen LogP contribution in [0.15, 0.2) is 70.6 Å². The Morgan fingerprint density at radius 2 is 1.77 bits per heavy atom. The second-order valence-electron chi connectivity index (χ2n) is 5.65. The van der Waals surface area contributed by atoms with E-state index in [2.05, 4.69) is 51.1 Å². The van der Waals surface area contributed by atoms with Gasteiger partial charge in [0.1, 0.15) is 0 Å². The van der Waals surface area contributed by atoms with Gasteiger partial charge in [0.2, 0.25) is 0 Å². The maximum Gasteiger partial charge on any atom is 0.311 e. The monoisotopic (exact) mass is 366 g/mol. The summed E-state index contributed by atoms with van der Waals surface area (Å²) in [7, 11) is 1.31. The number of nitrogens with zero attached hydrogens (tertiary/aromatic N) is 1. The zero-order valence-corrected chi connectivity index (χ0v) is 15.1. The van der Waals surface area contributed by atoms with Gasteiger partial charge in [-0.15, -0.1) is 0 Å². The summed E-state index contributed by atoms with van der Waals surface area (Å²) in [6.45, 7) is 0. The number of carbonyl (C=O) groups excluding carboxylic acids is 1. The van der Waals surface area contributed by atoms with E-state index in [9.17, 15) is 9.59 Å². The third-order valence-electron chi connectivity index (χ3n) is 3.76. The van der Waals surface area contributed by atoms with Crippen molar-refractivity contribution in [1.29, 1.82) is 0 Å². The molecule has 0 aliphatic rings. The topological polar surface area (TPSA) is 72.1 Å². The lowest BCUT2D eigenvalue weighted by Crippen LogP contribution is -2.13. The summed E-state index contributed by atoms with van der Waals surface area (Å²) in [6.07, 6.45) is -0.0141. The Morgan fingerprint density at radius 1 is 1.08 bits per heavy atom. The van der Waals surface area contributed by atoms with Crippen molar-refractivity contribution in [2.45, 2.75) is 17.3 Å². The molecule has 2 aromatic carbocycles. The molecular formula is C20H18N2O3S. The van der Waals surface area contributed by atoms with Gasteiger partial charge in [-0.1, -0.05) is 66.4 Å². The third kappa shape index (κ3) is 4.83. The van der Waals surface area contributed by atoms with E-state index in [4.69, 9.17) is 0 Å². The molecule has 0 saturated heterocycles. The first-order valence-electron chi connectivity index (χ1n) is 8.08. The van der Waals surface area contributed by atoms with Crippen LogP contribution in [-0.2, 0) is 21.7 Å². The van der Waals surface area contributed by atoms with Gasteiger partial charge in [-0.05, 0) is 16.7 Å². The Hall–Kier alpha value is -2.86. The number of thioether (sulfide) groups is 1. The van der Waals surface area contributed by atoms with Crippen molar-refractivity contribution in [2.75, 3.05) is 7.11 Å². The molecule has 3 rings (SSSR count). The van der Waals surface area contributed by atoms with Gasteiger partial charge >= 0.3 is 5.97 Å². The summed E-state index contributed by atoms with van der Waals surface area (Å²) in [6, 6.07) is 19.8. The molecule has 1 N–H and O–H groups in total. The van der Waals surface area contributed by atoms with Gasteiger partial charge in [0.05, 0.1) is 19.2 Å². The number of aromatic amines is 1. The van der Waals surface area contributed by atoms with Crippen molar-refractivity contribution >= 4 is 17.7 Å². The number of rotatable bonds is 6. The Morgan fingerprint density at radius 3 is 2.46 bits per heavy atom. The number of benzene rings is 2. The van der Waals surface area contributed by atoms with Crippen LogP contribution in [0.5, 0.6) is 0 Å². The molecule has 0 saturated carbocycles. The minimum absolute atomic E-state index is 0.0141.